The Morgan fingerprint density at radius 3 is 2.50 bits per heavy atom. The molecule has 1 aromatic heterocycles. The number of nitrogens with two attached hydrogens (primary N) is 1. The van der Waals surface area contributed by atoms with Crippen LogP contribution in [0.4, 0.5) is 5.95 Å². The Morgan fingerprint density at radius 2 is 1.81 bits per heavy atom. The number of rotatable bonds is 9. The number of ether oxygens (including phenoxy) is 5. The van der Waals surface area contributed by atoms with Crippen LogP contribution in [0.2, 0.25) is 0 Å². The van der Waals surface area contributed by atoms with Gasteiger partial charge in [0.2, 0.25) is 5.95 Å². The van der Waals surface area contributed by atoms with E-state index >= 15 is 4.79 Å². The summed E-state index contributed by atoms with van der Waals surface area (Å²) >= 11 is 0. The number of aromatic nitrogens is 3. The number of nitrogens with zero attached hydrogens (tertiary/aromatic N) is 4. The van der Waals surface area contributed by atoms with Gasteiger partial charge in [0.25, 0.3) is 0 Å². The Balaban J connectivity index is 1.41. The fraction of sp³-hybridized carbons (Fsp3) is 0.548. The molecule has 2 aromatic rings. The van der Waals surface area contributed by atoms with E-state index in [1.807, 2.05) is 13.8 Å². The lowest BCUT2D eigenvalue weighted by Gasteiger charge is -2.63. The second-order valence-electron chi connectivity index (χ2n) is 16.9. The normalized spacial score (nSPS) is 31.9. The topological polar surface area (TPSA) is 149 Å². The number of aliphatic imine (C=N–C) groups is 1. The molecule has 1 saturated heterocycles. The number of nitrogen functional groups attached to an aromatic ring is 1. The third-order valence-corrected chi connectivity index (χ3v) is 12.5. The number of carbonyl (C=O) groups excluding carboxylic acids is 2. The van der Waals surface area contributed by atoms with Crippen molar-refractivity contribution >= 4 is 29.5 Å². The van der Waals surface area contributed by atoms with Crippen LogP contribution < -0.4 is 19.9 Å². The summed E-state index contributed by atoms with van der Waals surface area (Å²) in [7, 11) is 1.35. The minimum Gasteiger partial charge on any atom is -0.482 e. The van der Waals surface area contributed by atoms with E-state index in [2.05, 4.69) is 69.0 Å². The first-order valence-corrected chi connectivity index (χ1v) is 19.0. The maximum Gasteiger partial charge on any atom is 0.333 e. The maximum absolute atomic E-state index is 15.3. The minimum atomic E-state index is -1.48. The summed E-state index contributed by atoms with van der Waals surface area (Å²) in [6, 6.07) is -0.518. The number of carbonyl (C=O) groups is 2. The summed E-state index contributed by atoms with van der Waals surface area (Å²) in [5.74, 6) is 0.210. The highest BCUT2D eigenvalue weighted by Gasteiger charge is 2.85. The Morgan fingerprint density at radius 1 is 1.06 bits per heavy atom. The Kier molecular flexibility index (Phi) is 8.34. The summed E-state index contributed by atoms with van der Waals surface area (Å²) in [5, 5.41) is 4.60. The smallest absolute Gasteiger partial charge is 0.333 e. The van der Waals surface area contributed by atoms with Gasteiger partial charge in [-0.1, -0.05) is 29.4 Å². The van der Waals surface area contributed by atoms with Crippen molar-refractivity contribution in [2.75, 3.05) is 19.6 Å². The molecule has 0 amide bonds. The lowest BCUT2D eigenvalue weighted by Crippen LogP contribution is -2.79. The lowest BCUT2D eigenvalue weighted by molar-refractivity contribution is -0.207. The van der Waals surface area contributed by atoms with Crippen molar-refractivity contribution in [3.05, 3.63) is 64.0 Å². The van der Waals surface area contributed by atoms with Crippen LogP contribution in [-0.4, -0.2) is 68.5 Å². The molecule has 0 radical (unpaired) electrons. The number of anilines is 1. The second kappa shape index (κ2) is 12.4. The van der Waals surface area contributed by atoms with Crippen molar-refractivity contribution in [3.8, 4) is 17.2 Å². The van der Waals surface area contributed by atoms with Crippen molar-refractivity contribution in [2.24, 2.45) is 22.7 Å². The SMILES string of the molecule is COC(=O)C(C)=CCC12OC(C)(C)C3CC(C1=O)C(n1cnc(N)n1)C1C4=NCOc5c6c(c(CC=C(C)C)c(c54)OC132)OC(C)(CCC=C(C)C)C=C6. The largest absolute Gasteiger partial charge is 0.482 e. The highest BCUT2D eigenvalue weighted by atomic mass is 16.6. The molecule has 2 N–H and O–H groups in total. The molecule has 7 unspecified atom stereocenters. The molecule has 3 aliphatic carbocycles. The van der Waals surface area contributed by atoms with Gasteiger partial charge in [0.15, 0.2) is 23.7 Å². The molecule has 4 fully saturated rings. The molecule has 7 aliphatic rings. The summed E-state index contributed by atoms with van der Waals surface area (Å²) in [6.07, 6.45) is 14.8. The number of benzene rings is 1. The zero-order valence-electron chi connectivity index (χ0n) is 32.7. The van der Waals surface area contributed by atoms with E-state index < -0.39 is 46.3 Å². The third kappa shape index (κ3) is 5.08. The lowest BCUT2D eigenvalue weighted by atomic mass is 9.44. The summed E-state index contributed by atoms with van der Waals surface area (Å²) in [6.45, 7) is 16.3. The molecule has 1 spiro atoms. The first kappa shape index (κ1) is 36.3. The average molecular weight is 738 g/mol. The van der Waals surface area contributed by atoms with Crippen LogP contribution in [0.25, 0.3) is 6.08 Å². The van der Waals surface area contributed by atoms with Crippen molar-refractivity contribution in [1.82, 2.24) is 14.8 Å². The molecule has 12 nitrogen and oxygen atoms in total. The van der Waals surface area contributed by atoms with Gasteiger partial charge < -0.3 is 29.4 Å². The van der Waals surface area contributed by atoms with Gasteiger partial charge in [0, 0.05) is 29.4 Å². The van der Waals surface area contributed by atoms with Crippen LogP contribution in [0.1, 0.15) is 104 Å². The van der Waals surface area contributed by atoms with Crippen LogP contribution >= 0.6 is 0 Å². The van der Waals surface area contributed by atoms with E-state index in [1.54, 1.807) is 24.0 Å². The maximum atomic E-state index is 15.3. The first-order chi connectivity index (χ1) is 25.6. The zero-order chi connectivity index (χ0) is 38.5. The third-order valence-electron chi connectivity index (χ3n) is 12.5. The van der Waals surface area contributed by atoms with Crippen molar-refractivity contribution in [3.63, 3.8) is 0 Å². The van der Waals surface area contributed by atoms with Crippen LogP contribution in [0, 0.1) is 17.8 Å². The molecule has 7 atom stereocenters. The van der Waals surface area contributed by atoms with Gasteiger partial charge in [-0.2, -0.15) is 0 Å². The van der Waals surface area contributed by atoms with Gasteiger partial charge in [-0.3, -0.25) is 4.79 Å². The second-order valence-corrected chi connectivity index (χ2v) is 16.9. The van der Waals surface area contributed by atoms with Gasteiger partial charge in [-0.25, -0.2) is 19.5 Å². The van der Waals surface area contributed by atoms with E-state index in [4.69, 9.17) is 34.4 Å². The van der Waals surface area contributed by atoms with Gasteiger partial charge in [0.1, 0.15) is 29.2 Å². The molecule has 12 heteroatoms. The summed E-state index contributed by atoms with van der Waals surface area (Å²) < 4.78 is 35.2. The number of ketones is 1. The zero-order valence-corrected chi connectivity index (χ0v) is 32.7. The standard InChI is InChI=1S/C42H51N5O7/c1-22(2)11-10-16-40(8)17-15-26-33(52-40)25(13-12-23(3)4)35-29-31(45-21-51-34(26)29)30-32(47-20-44-38(43)46-47)27-19-28-39(6,7)54-41(36(27)48,42(28,30)53-35)18-14-24(5)37(49)50-9/h11-12,14-15,17,20,27-28,30,32H,10,13,16,18-19,21H2,1-9H3,(H2,43,46). The Labute approximate surface area is 316 Å². The number of Topliss-reactive ketones (excluding diaryl/α,β-unsaturated/α-hetero) is 1. The molecule has 4 bridgehead atoms. The van der Waals surface area contributed by atoms with Crippen LogP contribution in [0.3, 0.4) is 0 Å². The van der Waals surface area contributed by atoms with Gasteiger partial charge in [0.05, 0.1) is 41.5 Å². The Bertz CT molecular complexity index is 2120. The molecule has 4 aliphatic heterocycles. The monoisotopic (exact) mass is 737 g/mol. The summed E-state index contributed by atoms with van der Waals surface area (Å²) in [5.41, 5.74) is 8.06. The number of fused-ring (bicyclic) bond motifs is 2. The van der Waals surface area contributed by atoms with E-state index in [-0.39, 0.29) is 30.8 Å². The van der Waals surface area contributed by atoms with Crippen LogP contribution in [-0.2, 0) is 25.5 Å². The highest BCUT2D eigenvalue weighted by Crippen LogP contribution is 2.73. The van der Waals surface area contributed by atoms with Crippen LogP contribution in [0.5, 0.6) is 17.2 Å². The predicted molar refractivity (Wildman–Crippen MR) is 204 cm³/mol. The number of esters is 1. The van der Waals surface area contributed by atoms with E-state index in [0.29, 0.717) is 35.7 Å². The molecule has 5 heterocycles. The molecule has 3 saturated carbocycles. The van der Waals surface area contributed by atoms with Crippen molar-refractivity contribution in [2.45, 2.75) is 116 Å². The molecule has 286 valence electrons. The molecule has 9 rings (SSSR count). The number of hydrogen-bond acceptors (Lipinski definition) is 11. The van der Waals surface area contributed by atoms with Gasteiger partial charge in [-0.15, -0.1) is 5.10 Å². The van der Waals surface area contributed by atoms with Gasteiger partial charge in [-0.05, 0) is 93.2 Å². The minimum absolute atomic E-state index is 0.0773. The highest BCUT2D eigenvalue weighted by molar-refractivity contribution is 6.13. The predicted octanol–water partition coefficient (Wildman–Crippen LogP) is 6.68. The Hall–Kier alpha value is -4.71. The van der Waals surface area contributed by atoms with E-state index in [0.717, 1.165) is 40.8 Å². The average Bonchev–Trinajstić information content (AvgIpc) is 3.61. The number of methoxy groups -OCH3 is 1. The van der Waals surface area contributed by atoms with Crippen LogP contribution in [0.15, 0.2) is 52.3 Å². The molecular weight excluding hydrogens is 686 g/mol. The molecular formula is C42H51N5O7. The quantitative estimate of drug-likeness (QED) is 0.168. The van der Waals surface area contributed by atoms with E-state index in [9.17, 15) is 4.79 Å². The molecule has 54 heavy (non-hydrogen) atoms. The van der Waals surface area contributed by atoms with E-state index in [1.165, 1.54) is 12.7 Å². The van der Waals surface area contributed by atoms with Crippen molar-refractivity contribution in [1.29, 1.82) is 0 Å². The molecule has 1 aromatic carbocycles. The number of allylic oxidation sites excluding steroid dienone is 4. The fourth-order valence-corrected chi connectivity index (χ4v) is 10.2. The van der Waals surface area contributed by atoms with Gasteiger partial charge >= 0.3 is 5.97 Å². The summed E-state index contributed by atoms with van der Waals surface area (Å²) in [4.78, 5) is 37.5. The first-order valence-electron chi connectivity index (χ1n) is 19.0. The number of hydrogen-bond donors (Lipinski definition) is 1. The fourth-order valence-electron chi connectivity index (χ4n) is 10.2. The van der Waals surface area contributed by atoms with Crippen molar-refractivity contribution < 1.29 is 33.3 Å².